The van der Waals surface area contributed by atoms with Gasteiger partial charge in [0, 0.05) is 11.5 Å². The van der Waals surface area contributed by atoms with Crippen LogP contribution in [0.3, 0.4) is 0 Å². The van der Waals surface area contributed by atoms with Gasteiger partial charge in [-0.2, -0.15) is 5.10 Å². The Balaban J connectivity index is 1.88. The minimum atomic E-state index is -0.663. The summed E-state index contributed by atoms with van der Waals surface area (Å²) in [6.07, 6.45) is 0. The molecule has 0 bridgehead atoms. The van der Waals surface area contributed by atoms with E-state index in [-0.39, 0.29) is 0 Å². The van der Waals surface area contributed by atoms with Gasteiger partial charge in [0.05, 0.1) is 11.2 Å². The summed E-state index contributed by atoms with van der Waals surface area (Å²) in [4.78, 5) is 16.7. The minimum Gasteiger partial charge on any atom is -0.368 e. The quantitative estimate of drug-likeness (QED) is 0.602. The van der Waals surface area contributed by atoms with E-state index in [1.54, 1.807) is 4.52 Å². The van der Waals surface area contributed by atoms with Crippen LogP contribution >= 0.6 is 0 Å². The second kappa shape index (κ2) is 5.90. The van der Waals surface area contributed by atoms with Crippen LogP contribution in [0.5, 0.6) is 0 Å². The highest BCUT2D eigenvalue weighted by molar-refractivity contribution is 5.94. The molecular formula is C19H17N5O. The van der Waals surface area contributed by atoms with Crippen LogP contribution in [-0.2, 0) is 4.79 Å². The molecule has 1 atom stereocenters. The molecule has 0 fully saturated rings. The number of aryl methyl sites for hydroxylation is 1. The summed E-state index contributed by atoms with van der Waals surface area (Å²) < 4.78 is 1.80. The summed E-state index contributed by atoms with van der Waals surface area (Å²) in [6.45, 7) is 1.92. The number of amides is 1. The normalized spacial score (nSPS) is 12.4. The van der Waals surface area contributed by atoms with E-state index < -0.39 is 11.9 Å². The largest absolute Gasteiger partial charge is 0.368 e. The minimum absolute atomic E-state index is 0.457. The lowest BCUT2D eigenvalue weighted by molar-refractivity contribution is -0.118. The van der Waals surface area contributed by atoms with Crippen molar-refractivity contribution >= 4 is 28.3 Å². The summed E-state index contributed by atoms with van der Waals surface area (Å²) in [5.74, 6) is 0.150. The summed E-state index contributed by atoms with van der Waals surface area (Å²) in [5.41, 5.74) is 8.94. The summed E-state index contributed by atoms with van der Waals surface area (Å²) in [5, 5.41) is 8.58. The number of nitrogens with one attached hydrogen (secondary N) is 1. The molecule has 1 amide bonds. The Labute approximate surface area is 144 Å². The maximum atomic E-state index is 12.0. The molecule has 0 spiro atoms. The predicted octanol–water partition coefficient (Wildman–Crippen LogP) is 2.83. The average molecular weight is 331 g/mol. The monoisotopic (exact) mass is 331 g/mol. The van der Waals surface area contributed by atoms with Crippen LogP contribution in [0.15, 0.2) is 60.7 Å². The zero-order valence-electron chi connectivity index (χ0n) is 13.7. The first kappa shape index (κ1) is 15.1. The molecule has 2 aromatic carbocycles. The number of fused-ring (bicyclic) bond motifs is 3. The Kier molecular flexibility index (Phi) is 3.57. The Morgan fingerprint density at radius 1 is 1.12 bits per heavy atom. The molecular weight excluding hydrogens is 314 g/mol. The predicted molar refractivity (Wildman–Crippen MR) is 97.2 cm³/mol. The van der Waals surface area contributed by atoms with E-state index in [1.807, 2.05) is 67.6 Å². The first-order valence-corrected chi connectivity index (χ1v) is 7.99. The zero-order valence-corrected chi connectivity index (χ0v) is 13.7. The van der Waals surface area contributed by atoms with Gasteiger partial charge in [0.25, 0.3) is 0 Å². The van der Waals surface area contributed by atoms with Gasteiger partial charge in [-0.05, 0) is 24.6 Å². The number of aromatic nitrogens is 3. The van der Waals surface area contributed by atoms with Gasteiger partial charge in [0.2, 0.25) is 5.91 Å². The van der Waals surface area contributed by atoms with Crippen molar-refractivity contribution in [3.8, 4) is 0 Å². The van der Waals surface area contributed by atoms with E-state index in [9.17, 15) is 4.79 Å². The molecule has 4 rings (SSSR count). The lowest BCUT2D eigenvalue weighted by Gasteiger charge is -2.18. The zero-order chi connectivity index (χ0) is 17.4. The van der Waals surface area contributed by atoms with Crippen molar-refractivity contribution in [2.45, 2.75) is 13.0 Å². The van der Waals surface area contributed by atoms with Crippen LogP contribution in [-0.4, -0.2) is 20.5 Å². The summed E-state index contributed by atoms with van der Waals surface area (Å²) in [7, 11) is 0. The molecule has 0 unspecified atom stereocenters. The number of para-hydroxylation sites is 1. The number of nitrogens with zero attached hydrogens (tertiary/aromatic N) is 3. The van der Waals surface area contributed by atoms with E-state index in [4.69, 9.17) is 5.73 Å². The highest BCUT2D eigenvalue weighted by Crippen LogP contribution is 2.27. The van der Waals surface area contributed by atoms with Crippen molar-refractivity contribution in [3.05, 3.63) is 71.9 Å². The smallest absolute Gasteiger partial charge is 0.244 e. The lowest BCUT2D eigenvalue weighted by Crippen LogP contribution is -2.28. The molecule has 25 heavy (non-hydrogen) atoms. The Morgan fingerprint density at radius 3 is 2.60 bits per heavy atom. The van der Waals surface area contributed by atoms with Crippen LogP contribution in [0.25, 0.3) is 16.6 Å². The number of carbonyl (C=O) groups is 1. The van der Waals surface area contributed by atoms with Crippen molar-refractivity contribution in [1.29, 1.82) is 0 Å². The Morgan fingerprint density at radius 2 is 1.84 bits per heavy atom. The van der Waals surface area contributed by atoms with Crippen LogP contribution < -0.4 is 11.1 Å². The van der Waals surface area contributed by atoms with Gasteiger partial charge in [-0.1, -0.05) is 42.5 Å². The number of nitrogens with two attached hydrogens (primary N) is 1. The standard InChI is InChI=1S/C19H17N5O/c1-12-11-16-21-19(14-9-5-6-10-15(14)24(16)23-12)22-17(18(20)25)13-7-3-2-4-8-13/h2-11,17H,1H3,(H2,20,25)(H,21,22)/t17-/m1/s1. The van der Waals surface area contributed by atoms with Crippen LogP contribution in [0.4, 0.5) is 5.82 Å². The molecule has 0 radical (unpaired) electrons. The molecule has 4 aromatic rings. The van der Waals surface area contributed by atoms with E-state index in [1.165, 1.54) is 0 Å². The van der Waals surface area contributed by atoms with Gasteiger partial charge in [-0.15, -0.1) is 0 Å². The van der Waals surface area contributed by atoms with Crippen molar-refractivity contribution < 1.29 is 4.79 Å². The topological polar surface area (TPSA) is 85.3 Å². The molecule has 0 aliphatic heterocycles. The SMILES string of the molecule is Cc1cc2nc(N[C@@H](C(N)=O)c3ccccc3)c3ccccc3n2n1. The fourth-order valence-corrected chi connectivity index (χ4v) is 2.99. The van der Waals surface area contributed by atoms with E-state index in [0.717, 1.165) is 27.8 Å². The second-order valence-electron chi connectivity index (χ2n) is 5.92. The van der Waals surface area contributed by atoms with E-state index in [2.05, 4.69) is 15.4 Å². The number of hydrogen-bond donors (Lipinski definition) is 2. The Bertz CT molecular complexity index is 1070. The maximum absolute atomic E-state index is 12.0. The van der Waals surface area contributed by atoms with Gasteiger partial charge in [0.15, 0.2) is 5.65 Å². The number of anilines is 1. The highest BCUT2D eigenvalue weighted by atomic mass is 16.1. The number of primary amides is 1. The van der Waals surface area contributed by atoms with Crippen LogP contribution in [0.1, 0.15) is 17.3 Å². The van der Waals surface area contributed by atoms with Gasteiger partial charge in [-0.25, -0.2) is 9.50 Å². The van der Waals surface area contributed by atoms with Crippen molar-refractivity contribution in [2.75, 3.05) is 5.32 Å². The fourth-order valence-electron chi connectivity index (χ4n) is 2.99. The molecule has 0 saturated carbocycles. The first-order chi connectivity index (χ1) is 12.1. The number of rotatable bonds is 4. The fraction of sp³-hybridized carbons (Fsp3) is 0.105. The van der Waals surface area contributed by atoms with Gasteiger partial charge in [-0.3, -0.25) is 4.79 Å². The molecule has 6 nitrogen and oxygen atoms in total. The third-order valence-corrected chi connectivity index (χ3v) is 4.12. The van der Waals surface area contributed by atoms with Gasteiger partial charge >= 0.3 is 0 Å². The molecule has 3 N–H and O–H groups in total. The molecule has 124 valence electrons. The average Bonchev–Trinajstić information content (AvgIpc) is 3.00. The van der Waals surface area contributed by atoms with Crippen molar-refractivity contribution in [3.63, 3.8) is 0 Å². The molecule has 0 aliphatic rings. The number of hydrogen-bond acceptors (Lipinski definition) is 4. The highest BCUT2D eigenvalue weighted by Gasteiger charge is 2.20. The van der Waals surface area contributed by atoms with E-state index in [0.29, 0.717) is 5.82 Å². The first-order valence-electron chi connectivity index (χ1n) is 7.99. The van der Waals surface area contributed by atoms with Crippen LogP contribution in [0, 0.1) is 6.92 Å². The van der Waals surface area contributed by atoms with Crippen LogP contribution in [0.2, 0.25) is 0 Å². The van der Waals surface area contributed by atoms with Gasteiger partial charge < -0.3 is 11.1 Å². The number of benzene rings is 2. The van der Waals surface area contributed by atoms with E-state index >= 15 is 0 Å². The van der Waals surface area contributed by atoms with Crippen molar-refractivity contribution in [2.24, 2.45) is 5.73 Å². The number of carbonyl (C=O) groups excluding carboxylic acids is 1. The molecule has 0 aliphatic carbocycles. The molecule has 6 heteroatoms. The third kappa shape index (κ3) is 2.67. The third-order valence-electron chi connectivity index (χ3n) is 4.12. The van der Waals surface area contributed by atoms with Crippen molar-refractivity contribution in [1.82, 2.24) is 14.6 Å². The second-order valence-corrected chi connectivity index (χ2v) is 5.92. The molecule has 0 saturated heterocycles. The molecule has 2 heterocycles. The van der Waals surface area contributed by atoms with Gasteiger partial charge in [0.1, 0.15) is 11.9 Å². The maximum Gasteiger partial charge on any atom is 0.244 e. The summed E-state index contributed by atoms with van der Waals surface area (Å²) in [6, 6.07) is 18.4. The Hall–Kier alpha value is -3.41. The summed E-state index contributed by atoms with van der Waals surface area (Å²) >= 11 is 0. The molecule has 2 aromatic heterocycles. The lowest BCUT2D eigenvalue weighted by atomic mass is 10.1.